The molecule has 1 N–H and O–H groups in total. The van der Waals surface area contributed by atoms with Crippen molar-refractivity contribution < 1.29 is 13.3 Å². The van der Waals surface area contributed by atoms with Crippen LogP contribution in [0.3, 0.4) is 0 Å². The van der Waals surface area contributed by atoms with Gasteiger partial charge < -0.3 is 18.6 Å². The minimum Gasteiger partial charge on any atom is -0.374 e. The molecule has 0 aromatic heterocycles. The van der Waals surface area contributed by atoms with Crippen LogP contribution in [-0.4, -0.2) is 42.2 Å². The van der Waals surface area contributed by atoms with Crippen LogP contribution < -0.4 is 5.32 Å². The van der Waals surface area contributed by atoms with E-state index in [1.54, 1.807) is 0 Å². The summed E-state index contributed by atoms with van der Waals surface area (Å²) in [6.07, 6.45) is 1.04. The third-order valence-electron chi connectivity index (χ3n) is 2.86. The molecule has 0 atom stereocenters. The quantitative estimate of drug-likeness (QED) is 0.589. The van der Waals surface area contributed by atoms with Crippen LogP contribution in [0.15, 0.2) is 0 Å². The fourth-order valence-electron chi connectivity index (χ4n) is 2.06. The van der Waals surface area contributed by atoms with E-state index in [1.165, 1.54) is 0 Å². The van der Waals surface area contributed by atoms with E-state index in [0.29, 0.717) is 19.8 Å². The van der Waals surface area contributed by atoms with Crippen molar-refractivity contribution in [3.05, 3.63) is 0 Å². The summed E-state index contributed by atoms with van der Waals surface area (Å²) < 4.78 is 17.6. The fourth-order valence-corrected chi connectivity index (χ4v) is 5.05. The summed E-state index contributed by atoms with van der Waals surface area (Å²) in [6.45, 7) is 13.5. The van der Waals surface area contributed by atoms with Gasteiger partial charge in [-0.15, -0.1) is 0 Å². The fraction of sp³-hybridized carbons (Fsp3) is 1.00. The van der Waals surface area contributed by atoms with Crippen LogP contribution in [0.5, 0.6) is 0 Å². The smallest absolute Gasteiger partial charge is 0.374 e. The highest BCUT2D eigenvalue weighted by Crippen LogP contribution is 2.28. The van der Waals surface area contributed by atoms with Crippen molar-refractivity contribution in [3.63, 3.8) is 0 Å². The van der Waals surface area contributed by atoms with Crippen LogP contribution in [-0.2, 0) is 13.3 Å². The number of rotatable bonds is 11. The second-order valence-corrected chi connectivity index (χ2v) is 7.91. The van der Waals surface area contributed by atoms with Gasteiger partial charge in [0.2, 0.25) is 0 Å². The average Bonchev–Trinajstić information content (AvgIpc) is 2.28. The minimum atomic E-state index is -2.46. The van der Waals surface area contributed by atoms with Crippen molar-refractivity contribution in [1.82, 2.24) is 5.32 Å². The van der Waals surface area contributed by atoms with Crippen molar-refractivity contribution >= 4 is 8.80 Å². The van der Waals surface area contributed by atoms with Gasteiger partial charge in [0.05, 0.1) is 0 Å². The molecule has 0 fully saturated rings. The van der Waals surface area contributed by atoms with E-state index in [1.807, 2.05) is 27.8 Å². The number of hydrogen-bond donors (Lipinski definition) is 1. The summed E-state index contributed by atoms with van der Waals surface area (Å²) in [6, 6.07) is 0.886. The summed E-state index contributed by atoms with van der Waals surface area (Å²) in [4.78, 5) is 0. The Balaban J connectivity index is 4.55. The zero-order chi connectivity index (χ0) is 14.1. The number of nitrogens with one attached hydrogen (secondary N) is 1. The summed E-state index contributed by atoms with van der Waals surface area (Å²) >= 11 is 0. The largest absolute Gasteiger partial charge is 0.500 e. The summed E-state index contributed by atoms with van der Waals surface area (Å²) in [5.74, 6) is 0. The predicted octanol–water partition coefficient (Wildman–Crippen LogP) is 2.67. The molecule has 110 valence electrons. The molecule has 0 aliphatic carbocycles. The molecule has 0 aliphatic rings. The Kier molecular flexibility index (Phi) is 9.07. The van der Waals surface area contributed by atoms with Gasteiger partial charge in [-0.2, -0.15) is 0 Å². The Morgan fingerprint density at radius 2 is 1.39 bits per heavy atom. The molecular formula is C13H31NO3Si. The average molecular weight is 277 g/mol. The molecule has 0 radical (unpaired) electrons. The van der Waals surface area contributed by atoms with Crippen LogP contribution >= 0.6 is 0 Å². The van der Waals surface area contributed by atoms with E-state index in [-0.39, 0.29) is 5.41 Å². The molecule has 0 aliphatic heterocycles. The molecule has 18 heavy (non-hydrogen) atoms. The maximum atomic E-state index is 5.86. The molecule has 0 bridgehead atoms. The van der Waals surface area contributed by atoms with Crippen molar-refractivity contribution in [2.75, 3.05) is 33.4 Å². The Labute approximate surface area is 114 Å². The molecule has 5 heteroatoms. The van der Waals surface area contributed by atoms with E-state index < -0.39 is 8.80 Å². The molecule has 0 aromatic rings. The summed E-state index contributed by atoms with van der Waals surface area (Å²) in [5, 5.41) is 3.23. The normalized spacial score (nSPS) is 13.0. The third-order valence-corrected chi connectivity index (χ3v) is 5.90. The van der Waals surface area contributed by atoms with E-state index in [4.69, 9.17) is 13.3 Å². The first kappa shape index (κ1) is 18.1. The second-order valence-electron chi connectivity index (χ2n) is 5.18. The Morgan fingerprint density at radius 3 is 1.72 bits per heavy atom. The molecule has 0 heterocycles. The highest BCUT2D eigenvalue weighted by molar-refractivity contribution is 6.60. The predicted molar refractivity (Wildman–Crippen MR) is 77.8 cm³/mol. The zero-order valence-corrected chi connectivity index (χ0v) is 14.0. The molecule has 0 aromatic carbocycles. The standard InChI is InChI=1S/C13H31NO3Si/c1-7-15-18(16-8-2,17-9-3)11-10-13(4,5)12-14-6/h14H,7-12H2,1-6H3. The topological polar surface area (TPSA) is 39.7 Å². The van der Waals surface area contributed by atoms with Crippen molar-refractivity contribution in [2.24, 2.45) is 5.41 Å². The lowest BCUT2D eigenvalue weighted by Crippen LogP contribution is -2.47. The van der Waals surface area contributed by atoms with Crippen LogP contribution in [0.2, 0.25) is 6.04 Å². The zero-order valence-electron chi connectivity index (χ0n) is 13.0. The Bertz CT molecular complexity index is 195. The van der Waals surface area contributed by atoms with E-state index in [2.05, 4.69) is 19.2 Å². The van der Waals surface area contributed by atoms with Gasteiger partial charge in [0, 0.05) is 25.9 Å². The maximum Gasteiger partial charge on any atom is 0.500 e. The van der Waals surface area contributed by atoms with Crippen LogP contribution in [0.4, 0.5) is 0 Å². The van der Waals surface area contributed by atoms with E-state index in [0.717, 1.165) is 19.0 Å². The molecule has 4 nitrogen and oxygen atoms in total. The van der Waals surface area contributed by atoms with Crippen LogP contribution in [0.1, 0.15) is 41.0 Å². The first-order chi connectivity index (χ1) is 8.45. The van der Waals surface area contributed by atoms with Crippen molar-refractivity contribution in [3.8, 4) is 0 Å². The lowest BCUT2D eigenvalue weighted by molar-refractivity contribution is 0.0677. The first-order valence-corrected chi connectivity index (χ1v) is 8.95. The van der Waals surface area contributed by atoms with Gasteiger partial charge in [-0.25, -0.2) is 0 Å². The van der Waals surface area contributed by atoms with Gasteiger partial charge in [-0.1, -0.05) is 13.8 Å². The minimum absolute atomic E-state index is 0.234. The molecular weight excluding hydrogens is 246 g/mol. The lowest BCUT2D eigenvalue weighted by atomic mass is 9.90. The van der Waals surface area contributed by atoms with Crippen molar-refractivity contribution in [1.29, 1.82) is 0 Å². The molecule has 0 spiro atoms. The van der Waals surface area contributed by atoms with Crippen molar-refractivity contribution in [2.45, 2.75) is 47.1 Å². The second kappa shape index (κ2) is 9.04. The van der Waals surface area contributed by atoms with Gasteiger partial charge in [-0.3, -0.25) is 0 Å². The first-order valence-electron chi connectivity index (χ1n) is 7.01. The third kappa shape index (κ3) is 6.85. The highest BCUT2D eigenvalue weighted by Gasteiger charge is 2.41. The SMILES string of the molecule is CCO[Si](CCC(C)(C)CNC)(OCC)OCC. The number of hydrogen-bond acceptors (Lipinski definition) is 4. The lowest BCUT2D eigenvalue weighted by Gasteiger charge is -2.32. The van der Waals surface area contributed by atoms with Gasteiger partial charge in [-0.05, 0) is 46.2 Å². The highest BCUT2D eigenvalue weighted by atomic mass is 28.4. The van der Waals surface area contributed by atoms with Gasteiger partial charge >= 0.3 is 8.80 Å². The van der Waals surface area contributed by atoms with Crippen LogP contribution in [0.25, 0.3) is 0 Å². The Morgan fingerprint density at radius 1 is 0.944 bits per heavy atom. The monoisotopic (exact) mass is 277 g/mol. The Hall–Kier alpha value is 0.0569. The molecule has 0 amide bonds. The molecule has 0 unspecified atom stereocenters. The summed E-state index contributed by atoms with van der Waals surface area (Å²) in [7, 11) is -0.476. The van der Waals surface area contributed by atoms with Gasteiger partial charge in [0.25, 0.3) is 0 Å². The van der Waals surface area contributed by atoms with E-state index in [9.17, 15) is 0 Å². The maximum absolute atomic E-state index is 5.86. The van der Waals surface area contributed by atoms with E-state index >= 15 is 0 Å². The van der Waals surface area contributed by atoms with Gasteiger partial charge in [0.15, 0.2) is 0 Å². The van der Waals surface area contributed by atoms with Gasteiger partial charge in [0.1, 0.15) is 0 Å². The summed E-state index contributed by atoms with van der Waals surface area (Å²) in [5.41, 5.74) is 0.234. The molecule has 0 rings (SSSR count). The molecule has 0 saturated carbocycles. The molecule has 0 saturated heterocycles. The van der Waals surface area contributed by atoms with Crippen LogP contribution in [0, 0.1) is 5.41 Å².